The first kappa shape index (κ1) is 16.3. The molecule has 2 heterocycles. The Balaban J connectivity index is 2.04. The third-order valence-corrected chi connectivity index (χ3v) is 4.32. The maximum Gasteiger partial charge on any atom is 0.216 e. The molecule has 0 spiro atoms. The van der Waals surface area contributed by atoms with E-state index in [4.69, 9.17) is 4.74 Å². The van der Waals surface area contributed by atoms with Gasteiger partial charge in [-0.15, -0.1) is 0 Å². The van der Waals surface area contributed by atoms with E-state index in [0.29, 0.717) is 0 Å². The molecule has 0 aromatic carbocycles. The van der Waals surface area contributed by atoms with Crippen molar-refractivity contribution in [3.05, 3.63) is 11.3 Å². The standard InChI is InChI=1S/C16H30N4O/c1-5-9-20(11-14-7-6-8-17-10-14)12-15-13(2)18-19(3)16(15)21-4/h14,17H,5-12H2,1-4H3. The first-order chi connectivity index (χ1) is 10.2. The molecule has 21 heavy (non-hydrogen) atoms. The summed E-state index contributed by atoms with van der Waals surface area (Å²) in [4.78, 5) is 2.56. The fraction of sp³-hybridized carbons (Fsp3) is 0.812. The molecule has 5 heteroatoms. The molecule has 1 aliphatic heterocycles. The lowest BCUT2D eigenvalue weighted by molar-refractivity contribution is 0.198. The Labute approximate surface area is 128 Å². The van der Waals surface area contributed by atoms with E-state index >= 15 is 0 Å². The number of nitrogens with zero attached hydrogens (tertiary/aromatic N) is 3. The van der Waals surface area contributed by atoms with Crippen molar-refractivity contribution in [2.75, 3.05) is 33.3 Å². The lowest BCUT2D eigenvalue weighted by Gasteiger charge is -2.30. The maximum absolute atomic E-state index is 5.53. The van der Waals surface area contributed by atoms with Gasteiger partial charge in [0.2, 0.25) is 5.88 Å². The molecule has 2 rings (SSSR count). The summed E-state index contributed by atoms with van der Waals surface area (Å²) in [6.45, 7) is 9.90. The van der Waals surface area contributed by atoms with Crippen LogP contribution in [-0.2, 0) is 13.6 Å². The van der Waals surface area contributed by atoms with Gasteiger partial charge < -0.3 is 10.1 Å². The fourth-order valence-corrected chi connectivity index (χ4v) is 3.34. The Kier molecular flexibility index (Phi) is 6.06. The Morgan fingerprint density at radius 2 is 2.29 bits per heavy atom. The quantitative estimate of drug-likeness (QED) is 0.834. The first-order valence-electron chi connectivity index (χ1n) is 8.15. The van der Waals surface area contributed by atoms with Crippen LogP contribution < -0.4 is 10.1 Å². The lowest BCUT2D eigenvalue weighted by atomic mass is 9.98. The summed E-state index contributed by atoms with van der Waals surface area (Å²) in [7, 11) is 3.68. The zero-order valence-corrected chi connectivity index (χ0v) is 14.0. The predicted octanol–water partition coefficient (Wildman–Crippen LogP) is 1.95. The molecule has 0 aliphatic carbocycles. The maximum atomic E-state index is 5.53. The molecular formula is C16H30N4O. The summed E-state index contributed by atoms with van der Waals surface area (Å²) < 4.78 is 7.37. The Bertz CT molecular complexity index is 438. The molecule has 120 valence electrons. The number of ether oxygens (including phenoxy) is 1. The van der Waals surface area contributed by atoms with Gasteiger partial charge in [0.15, 0.2) is 0 Å². The smallest absolute Gasteiger partial charge is 0.216 e. The van der Waals surface area contributed by atoms with Crippen LogP contribution in [0.25, 0.3) is 0 Å². The normalized spacial score (nSPS) is 19.2. The van der Waals surface area contributed by atoms with Gasteiger partial charge in [0.1, 0.15) is 0 Å². The van der Waals surface area contributed by atoms with Crippen molar-refractivity contribution in [3.63, 3.8) is 0 Å². The summed E-state index contributed by atoms with van der Waals surface area (Å²) in [5, 5.41) is 8.01. The number of hydrogen-bond acceptors (Lipinski definition) is 4. The number of nitrogens with one attached hydrogen (secondary N) is 1. The highest BCUT2D eigenvalue weighted by Crippen LogP contribution is 2.24. The molecule has 1 fully saturated rings. The summed E-state index contributed by atoms with van der Waals surface area (Å²) in [6, 6.07) is 0. The molecule has 0 saturated carbocycles. The van der Waals surface area contributed by atoms with Crippen LogP contribution in [0.1, 0.15) is 37.4 Å². The minimum absolute atomic E-state index is 0.772. The second-order valence-corrected chi connectivity index (χ2v) is 6.14. The first-order valence-corrected chi connectivity index (χ1v) is 8.15. The van der Waals surface area contributed by atoms with Crippen LogP contribution in [0.2, 0.25) is 0 Å². The molecule has 1 saturated heterocycles. The molecular weight excluding hydrogens is 264 g/mol. The number of methoxy groups -OCH3 is 1. The minimum atomic E-state index is 0.772. The monoisotopic (exact) mass is 294 g/mol. The topological polar surface area (TPSA) is 42.3 Å². The Hall–Kier alpha value is -1.07. The summed E-state index contributed by atoms with van der Waals surface area (Å²) in [5.74, 6) is 1.67. The van der Waals surface area contributed by atoms with Gasteiger partial charge in [0, 0.05) is 20.1 Å². The molecule has 0 amide bonds. The van der Waals surface area contributed by atoms with Crippen molar-refractivity contribution in [2.45, 2.75) is 39.7 Å². The highest BCUT2D eigenvalue weighted by atomic mass is 16.5. The third kappa shape index (κ3) is 4.20. The van der Waals surface area contributed by atoms with E-state index in [1.807, 2.05) is 11.7 Å². The van der Waals surface area contributed by atoms with Crippen LogP contribution in [0.5, 0.6) is 5.88 Å². The van der Waals surface area contributed by atoms with Crippen molar-refractivity contribution >= 4 is 0 Å². The highest BCUT2D eigenvalue weighted by molar-refractivity contribution is 5.30. The Morgan fingerprint density at radius 1 is 1.48 bits per heavy atom. The lowest BCUT2D eigenvalue weighted by Crippen LogP contribution is -2.38. The van der Waals surface area contributed by atoms with E-state index in [0.717, 1.165) is 37.1 Å². The van der Waals surface area contributed by atoms with Crippen molar-refractivity contribution in [1.29, 1.82) is 0 Å². The molecule has 1 aromatic rings. The average Bonchev–Trinajstić information content (AvgIpc) is 2.74. The SMILES string of the molecule is CCCN(Cc1c(C)nn(C)c1OC)CC1CCCNC1. The van der Waals surface area contributed by atoms with Crippen LogP contribution in [0.3, 0.4) is 0 Å². The fourth-order valence-electron chi connectivity index (χ4n) is 3.34. The molecule has 1 aromatic heterocycles. The van der Waals surface area contributed by atoms with Crippen molar-refractivity contribution < 1.29 is 4.74 Å². The van der Waals surface area contributed by atoms with E-state index in [9.17, 15) is 0 Å². The van der Waals surface area contributed by atoms with Crippen LogP contribution in [-0.4, -0.2) is 48.0 Å². The van der Waals surface area contributed by atoms with Gasteiger partial charge in [-0.25, -0.2) is 4.68 Å². The van der Waals surface area contributed by atoms with Gasteiger partial charge in [-0.1, -0.05) is 6.92 Å². The number of aryl methyl sites for hydroxylation is 2. The van der Waals surface area contributed by atoms with Gasteiger partial charge in [0.05, 0.1) is 18.4 Å². The van der Waals surface area contributed by atoms with E-state index < -0.39 is 0 Å². The third-order valence-electron chi connectivity index (χ3n) is 4.32. The minimum Gasteiger partial charge on any atom is -0.481 e. The van der Waals surface area contributed by atoms with Crippen LogP contribution in [0.4, 0.5) is 0 Å². The van der Waals surface area contributed by atoms with Crippen LogP contribution in [0, 0.1) is 12.8 Å². The number of piperidine rings is 1. The summed E-state index contributed by atoms with van der Waals surface area (Å²) in [6.07, 6.45) is 3.83. The van der Waals surface area contributed by atoms with Crippen LogP contribution >= 0.6 is 0 Å². The summed E-state index contributed by atoms with van der Waals surface area (Å²) in [5.41, 5.74) is 2.31. The van der Waals surface area contributed by atoms with Gasteiger partial charge in [0.25, 0.3) is 0 Å². The van der Waals surface area contributed by atoms with E-state index in [2.05, 4.69) is 29.2 Å². The van der Waals surface area contributed by atoms with E-state index in [1.165, 1.54) is 37.9 Å². The zero-order valence-electron chi connectivity index (χ0n) is 14.0. The molecule has 0 radical (unpaired) electrons. The van der Waals surface area contributed by atoms with Crippen LogP contribution in [0.15, 0.2) is 0 Å². The van der Waals surface area contributed by atoms with Crippen molar-refractivity contribution in [3.8, 4) is 5.88 Å². The molecule has 0 bridgehead atoms. The van der Waals surface area contributed by atoms with E-state index in [1.54, 1.807) is 7.11 Å². The molecule has 1 atom stereocenters. The largest absolute Gasteiger partial charge is 0.481 e. The second kappa shape index (κ2) is 7.80. The zero-order chi connectivity index (χ0) is 15.2. The van der Waals surface area contributed by atoms with Gasteiger partial charge in [-0.05, 0) is 51.7 Å². The van der Waals surface area contributed by atoms with E-state index in [-0.39, 0.29) is 0 Å². The number of rotatable bonds is 7. The van der Waals surface area contributed by atoms with Gasteiger partial charge in [-0.3, -0.25) is 4.90 Å². The second-order valence-electron chi connectivity index (χ2n) is 6.14. The average molecular weight is 294 g/mol. The van der Waals surface area contributed by atoms with Crippen molar-refractivity contribution in [1.82, 2.24) is 20.0 Å². The molecule has 5 nitrogen and oxygen atoms in total. The molecule has 1 N–H and O–H groups in total. The highest BCUT2D eigenvalue weighted by Gasteiger charge is 2.20. The summed E-state index contributed by atoms with van der Waals surface area (Å²) >= 11 is 0. The molecule has 1 aliphatic rings. The van der Waals surface area contributed by atoms with Crippen molar-refractivity contribution in [2.24, 2.45) is 13.0 Å². The molecule has 1 unspecified atom stereocenters. The number of aromatic nitrogens is 2. The van der Waals surface area contributed by atoms with Gasteiger partial charge >= 0.3 is 0 Å². The number of hydrogen-bond donors (Lipinski definition) is 1. The van der Waals surface area contributed by atoms with Gasteiger partial charge in [-0.2, -0.15) is 5.10 Å². The Morgan fingerprint density at radius 3 is 2.90 bits per heavy atom. The predicted molar refractivity (Wildman–Crippen MR) is 85.7 cm³/mol.